The molecule has 0 heterocycles. The summed E-state index contributed by atoms with van der Waals surface area (Å²) in [6.45, 7) is 3.86. The Morgan fingerprint density at radius 3 is 2.22 bits per heavy atom. The van der Waals surface area contributed by atoms with Gasteiger partial charge < -0.3 is 10.2 Å². The Labute approximate surface area is 114 Å². The second kappa shape index (κ2) is 6.91. The minimum atomic E-state index is 0.559. The Balaban J connectivity index is 1.86. The molecule has 2 heteroatoms. The van der Waals surface area contributed by atoms with Crippen molar-refractivity contribution in [1.29, 1.82) is 0 Å². The first-order valence-electron chi connectivity index (χ1n) is 8.07. The Hall–Kier alpha value is -0.0800. The summed E-state index contributed by atoms with van der Waals surface area (Å²) in [5.74, 6) is 1.01. The molecule has 0 aromatic heterocycles. The first-order valence-corrected chi connectivity index (χ1v) is 8.07. The fourth-order valence-corrected chi connectivity index (χ4v) is 4.00. The SMILES string of the molecule is CNCC1(CN(C)CC2CCC2)CCCCCC1. The second-order valence-electron chi connectivity index (χ2n) is 6.94. The standard InChI is InChI=1S/C16H32N2/c1-17-13-16(10-5-3-4-6-11-16)14-18(2)12-15-8-7-9-15/h15,17H,3-14H2,1-2H3. The average Bonchev–Trinajstić information content (AvgIpc) is 2.50. The molecule has 2 fully saturated rings. The third-order valence-electron chi connectivity index (χ3n) is 5.12. The van der Waals surface area contributed by atoms with E-state index in [1.807, 2.05) is 0 Å². The summed E-state index contributed by atoms with van der Waals surface area (Å²) in [5.41, 5.74) is 0.559. The molecule has 0 amide bonds. The highest BCUT2D eigenvalue weighted by Gasteiger charge is 2.32. The fraction of sp³-hybridized carbons (Fsp3) is 1.00. The van der Waals surface area contributed by atoms with Crippen LogP contribution in [0.15, 0.2) is 0 Å². The third kappa shape index (κ3) is 3.96. The van der Waals surface area contributed by atoms with Gasteiger partial charge in [-0.1, -0.05) is 32.1 Å². The maximum atomic E-state index is 3.47. The molecular weight excluding hydrogens is 220 g/mol. The lowest BCUT2D eigenvalue weighted by atomic mass is 9.79. The zero-order chi connectivity index (χ0) is 12.8. The van der Waals surface area contributed by atoms with E-state index in [1.54, 1.807) is 0 Å². The Bertz CT molecular complexity index is 227. The van der Waals surface area contributed by atoms with Crippen LogP contribution in [0.25, 0.3) is 0 Å². The van der Waals surface area contributed by atoms with E-state index < -0.39 is 0 Å². The molecule has 18 heavy (non-hydrogen) atoms. The highest BCUT2D eigenvalue weighted by molar-refractivity contribution is 4.87. The monoisotopic (exact) mass is 252 g/mol. The fourth-order valence-electron chi connectivity index (χ4n) is 4.00. The topological polar surface area (TPSA) is 15.3 Å². The van der Waals surface area contributed by atoms with E-state index in [1.165, 1.54) is 77.4 Å². The van der Waals surface area contributed by atoms with Crippen molar-refractivity contribution < 1.29 is 0 Å². The van der Waals surface area contributed by atoms with E-state index in [9.17, 15) is 0 Å². The van der Waals surface area contributed by atoms with E-state index >= 15 is 0 Å². The Morgan fingerprint density at radius 1 is 1.06 bits per heavy atom. The lowest BCUT2D eigenvalue weighted by molar-refractivity contribution is 0.118. The predicted molar refractivity (Wildman–Crippen MR) is 78.9 cm³/mol. The molecule has 0 radical (unpaired) electrons. The summed E-state index contributed by atoms with van der Waals surface area (Å²) in [7, 11) is 4.47. The molecule has 106 valence electrons. The van der Waals surface area contributed by atoms with Gasteiger partial charge in [0.15, 0.2) is 0 Å². The summed E-state index contributed by atoms with van der Waals surface area (Å²) in [4.78, 5) is 2.63. The molecule has 0 saturated heterocycles. The molecule has 2 rings (SSSR count). The van der Waals surface area contributed by atoms with Gasteiger partial charge in [-0.2, -0.15) is 0 Å². The molecule has 2 nitrogen and oxygen atoms in total. The van der Waals surface area contributed by atoms with Gasteiger partial charge in [0.05, 0.1) is 0 Å². The summed E-state index contributed by atoms with van der Waals surface area (Å²) in [6, 6.07) is 0. The maximum absolute atomic E-state index is 3.47. The van der Waals surface area contributed by atoms with Crippen molar-refractivity contribution >= 4 is 0 Å². The Morgan fingerprint density at radius 2 is 1.72 bits per heavy atom. The van der Waals surface area contributed by atoms with Crippen molar-refractivity contribution in [3.8, 4) is 0 Å². The van der Waals surface area contributed by atoms with Crippen LogP contribution in [0.2, 0.25) is 0 Å². The van der Waals surface area contributed by atoms with Crippen LogP contribution in [0.5, 0.6) is 0 Å². The summed E-state index contributed by atoms with van der Waals surface area (Å²) >= 11 is 0. The van der Waals surface area contributed by atoms with Crippen LogP contribution >= 0.6 is 0 Å². The van der Waals surface area contributed by atoms with Crippen molar-refractivity contribution in [3.63, 3.8) is 0 Å². The van der Waals surface area contributed by atoms with Gasteiger partial charge in [-0.25, -0.2) is 0 Å². The quantitative estimate of drug-likeness (QED) is 0.730. The van der Waals surface area contributed by atoms with Crippen molar-refractivity contribution in [2.24, 2.45) is 11.3 Å². The molecule has 0 aromatic carbocycles. The predicted octanol–water partition coefficient (Wildman–Crippen LogP) is 3.28. The minimum absolute atomic E-state index is 0.559. The second-order valence-corrected chi connectivity index (χ2v) is 6.94. The molecule has 2 saturated carbocycles. The number of nitrogens with zero attached hydrogens (tertiary/aromatic N) is 1. The molecule has 0 bridgehead atoms. The van der Waals surface area contributed by atoms with Gasteiger partial charge in [0.25, 0.3) is 0 Å². The summed E-state index contributed by atoms with van der Waals surface area (Å²) in [6.07, 6.45) is 13.1. The molecule has 0 aliphatic heterocycles. The molecule has 0 spiro atoms. The van der Waals surface area contributed by atoms with E-state index in [-0.39, 0.29) is 0 Å². The first kappa shape index (κ1) is 14.3. The van der Waals surface area contributed by atoms with Gasteiger partial charge in [-0.3, -0.25) is 0 Å². The molecule has 2 aliphatic carbocycles. The summed E-state index contributed by atoms with van der Waals surface area (Å²) < 4.78 is 0. The van der Waals surface area contributed by atoms with Gasteiger partial charge in [-0.15, -0.1) is 0 Å². The van der Waals surface area contributed by atoms with E-state index in [2.05, 4.69) is 24.3 Å². The van der Waals surface area contributed by atoms with Crippen LogP contribution in [-0.2, 0) is 0 Å². The van der Waals surface area contributed by atoms with Crippen LogP contribution in [0, 0.1) is 11.3 Å². The molecule has 0 unspecified atom stereocenters. The van der Waals surface area contributed by atoms with Crippen molar-refractivity contribution in [1.82, 2.24) is 10.2 Å². The molecular formula is C16H32N2. The largest absolute Gasteiger partial charge is 0.319 e. The van der Waals surface area contributed by atoms with Crippen LogP contribution in [0.1, 0.15) is 57.8 Å². The minimum Gasteiger partial charge on any atom is -0.319 e. The zero-order valence-corrected chi connectivity index (χ0v) is 12.5. The number of hydrogen-bond acceptors (Lipinski definition) is 2. The molecule has 2 aliphatic rings. The van der Waals surface area contributed by atoms with Crippen LogP contribution in [0.4, 0.5) is 0 Å². The molecule has 0 aromatic rings. The van der Waals surface area contributed by atoms with Gasteiger partial charge in [0, 0.05) is 19.6 Å². The number of rotatable bonds is 6. The van der Waals surface area contributed by atoms with E-state index in [0.29, 0.717) is 5.41 Å². The lowest BCUT2D eigenvalue weighted by Crippen LogP contribution is -2.43. The summed E-state index contributed by atoms with van der Waals surface area (Å²) in [5, 5.41) is 3.47. The molecule has 1 N–H and O–H groups in total. The van der Waals surface area contributed by atoms with Gasteiger partial charge in [0.2, 0.25) is 0 Å². The van der Waals surface area contributed by atoms with Crippen LogP contribution in [-0.4, -0.2) is 38.6 Å². The van der Waals surface area contributed by atoms with Crippen molar-refractivity contribution in [3.05, 3.63) is 0 Å². The van der Waals surface area contributed by atoms with E-state index in [4.69, 9.17) is 0 Å². The lowest BCUT2D eigenvalue weighted by Gasteiger charge is -2.39. The van der Waals surface area contributed by atoms with Gasteiger partial charge >= 0.3 is 0 Å². The van der Waals surface area contributed by atoms with Gasteiger partial charge in [0.1, 0.15) is 0 Å². The Kier molecular flexibility index (Phi) is 5.50. The smallest absolute Gasteiger partial charge is 0.00472 e. The van der Waals surface area contributed by atoms with E-state index in [0.717, 1.165) is 5.92 Å². The first-order chi connectivity index (χ1) is 8.74. The maximum Gasteiger partial charge on any atom is 0.00472 e. The van der Waals surface area contributed by atoms with Crippen LogP contribution < -0.4 is 5.32 Å². The highest BCUT2D eigenvalue weighted by Crippen LogP contribution is 2.36. The molecule has 0 atom stereocenters. The third-order valence-corrected chi connectivity index (χ3v) is 5.12. The normalized spacial score (nSPS) is 24.8. The van der Waals surface area contributed by atoms with Crippen molar-refractivity contribution in [2.75, 3.05) is 33.7 Å². The number of hydrogen-bond donors (Lipinski definition) is 1. The van der Waals surface area contributed by atoms with Crippen molar-refractivity contribution in [2.45, 2.75) is 57.8 Å². The number of nitrogens with one attached hydrogen (secondary N) is 1. The zero-order valence-electron chi connectivity index (χ0n) is 12.5. The highest BCUT2D eigenvalue weighted by atomic mass is 15.1. The van der Waals surface area contributed by atoms with Gasteiger partial charge in [-0.05, 0) is 51.1 Å². The van der Waals surface area contributed by atoms with Crippen LogP contribution in [0.3, 0.4) is 0 Å². The average molecular weight is 252 g/mol.